The van der Waals surface area contributed by atoms with Gasteiger partial charge in [-0.05, 0) is 37.6 Å². The van der Waals surface area contributed by atoms with Crippen LogP contribution in [0.4, 0.5) is 0 Å². The van der Waals surface area contributed by atoms with Gasteiger partial charge in [0, 0.05) is 18.7 Å². The third-order valence-corrected chi connectivity index (χ3v) is 4.41. The van der Waals surface area contributed by atoms with Crippen LogP contribution in [0.2, 0.25) is 0 Å². The Kier molecular flexibility index (Phi) is 6.92. The fourth-order valence-electron chi connectivity index (χ4n) is 2.71. The molecule has 1 saturated heterocycles. The number of hydrogen-bond donors (Lipinski definition) is 1. The summed E-state index contributed by atoms with van der Waals surface area (Å²) in [6.45, 7) is 4.25. The van der Waals surface area contributed by atoms with E-state index in [4.69, 9.17) is 4.74 Å². The molecule has 2 atom stereocenters. The van der Waals surface area contributed by atoms with Crippen molar-refractivity contribution in [3.05, 3.63) is 35.4 Å². The number of nitrogens with zero attached hydrogens (tertiary/aromatic N) is 1. The van der Waals surface area contributed by atoms with E-state index >= 15 is 0 Å². The smallest absolute Gasteiger partial charge is 0.337 e. The number of hydrogen-bond acceptors (Lipinski definition) is 6. The SMILES string of the molecule is CCC(C)OC(=O)CC1C(=O)NCCN1C(=O)c1ccc(C(=O)OC)cc1. The summed E-state index contributed by atoms with van der Waals surface area (Å²) in [4.78, 5) is 50.0. The van der Waals surface area contributed by atoms with E-state index in [9.17, 15) is 19.2 Å². The number of carbonyl (C=O) groups excluding carboxylic acids is 4. The van der Waals surface area contributed by atoms with Crippen LogP contribution in [0, 0.1) is 0 Å². The fraction of sp³-hybridized carbons (Fsp3) is 0.474. The van der Waals surface area contributed by atoms with Gasteiger partial charge in [-0.15, -0.1) is 0 Å². The highest BCUT2D eigenvalue weighted by atomic mass is 16.5. The molecule has 0 aromatic heterocycles. The van der Waals surface area contributed by atoms with Crippen molar-refractivity contribution in [2.75, 3.05) is 20.2 Å². The van der Waals surface area contributed by atoms with Gasteiger partial charge in [-0.3, -0.25) is 14.4 Å². The maximum Gasteiger partial charge on any atom is 0.337 e. The zero-order valence-electron chi connectivity index (χ0n) is 15.7. The third-order valence-electron chi connectivity index (χ3n) is 4.41. The van der Waals surface area contributed by atoms with Crippen molar-refractivity contribution in [2.24, 2.45) is 0 Å². The fourth-order valence-corrected chi connectivity index (χ4v) is 2.71. The summed E-state index contributed by atoms with van der Waals surface area (Å²) < 4.78 is 9.86. The standard InChI is InChI=1S/C19H24N2O6/c1-4-12(2)27-16(22)11-15-17(23)20-9-10-21(15)18(24)13-5-7-14(8-6-13)19(25)26-3/h5-8,12,15H,4,9-11H2,1-3H3,(H,20,23). The van der Waals surface area contributed by atoms with Crippen LogP contribution >= 0.6 is 0 Å². The zero-order valence-corrected chi connectivity index (χ0v) is 15.7. The molecule has 8 nitrogen and oxygen atoms in total. The van der Waals surface area contributed by atoms with Crippen molar-refractivity contribution in [1.29, 1.82) is 0 Å². The topological polar surface area (TPSA) is 102 Å². The Labute approximate surface area is 157 Å². The first kappa shape index (κ1) is 20.4. The summed E-state index contributed by atoms with van der Waals surface area (Å²) in [7, 11) is 1.27. The quantitative estimate of drug-likeness (QED) is 0.747. The number of nitrogens with one attached hydrogen (secondary N) is 1. The number of amides is 2. The number of benzene rings is 1. The molecule has 1 N–H and O–H groups in total. The minimum absolute atomic E-state index is 0.206. The highest BCUT2D eigenvalue weighted by molar-refractivity contribution is 6.00. The minimum Gasteiger partial charge on any atom is -0.465 e. The van der Waals surface area contributed by atoms with Crippen LogP contribution in [0.25, 0.3) is 0 Å². The van der Waals surface area contributed by atoms with Crippen LogP contribution in [0.3, 0.4) is 0 Å². The van der Waals surface area contributed by atoms with E-state index in [0.29, 0.717) is 24.1 Å². The van der Waals surface area contributed by atoms with Gasteiger partial charge < -0.3 is 19.7 Å². The molecular weight excluding hydrogens is 352 g/mol. The van der Waals surface area contributed by atoms with Gasteiger partial charge in [-0.2, -0.15) is 0 Å². The largest absolute Gasteiger partial charge is 0.465 e. The summed E-state index contributed by atoms with van der Waals surface area (Å²) in [6.07, 6.45) is 0.208. The average molecular weight is 376 g/mol. The number of rotatable bonds is 6. The number of ether oxygens (including phenoxy) is 2. The minimum atomic E-state index is -0.928. The zero-order chi connectivity index (χ0) is 20.0. The van der Waals surface area contributed by atoms with E-state index in [1.807, 2.05) is 6.92 Å². The molecule has 1 fully saturated rings. The number of piperazine rings is 1. The molecule has 0 spiro atoms. The normalized spacial score (nSPS) is 17.7. The Morgan fingerprint density at radius 3 is 2.44 bits per heavy atom. The molecule has 2 rings (SSSR count). The molecule has 1 aliphatic heterocycles. The molecule has 2 amide bonds. The summed E-state index contributed by atoms with van der Waals surface area (Å²) in [6, 6.07) is 5.03. The lowest BCUT2D eigenvalue weighted by atomic mass is 10.1. The van der Waals surface area contributed by atoms with Gasteiger partial charge in [0.15, 0.2) is 0 Å². The first-order valence-electron chi connectivity index (χ1n) is 8.83. The number of carbonyl (C=O) groups is 4. The molecule has 1 aromatic rings. The highest BCUT2D eigenvalue weighted by Gasteiger charge is 2.35. The predicted molar refractivity (Wildman–Crippen MR) is 96.1 cm³/mol. The lowest BCUT2D eigenvalue weighted by Crippen LogP contribution is -2.57. The molecule has 0 bridgehead atoms. The van der Waals surface area contributed by atoms with Gasteiger partial charge in [0.1, 0.15) is 6.04 Å². The molecule has 1 aliphatic rings. The van der Waals surface area contributed by atoms with Gasteiger partial charge in [0.05, 0.1) is 25.2 Å². The number of esters is 2. The molecule has 1 heterocycles. The van der Waals surface area contributed by atoms with E-state index in [1.54, 1.807) is 6.92 Å². The van der Waals surface area contributed by atoms with E-state index in [2.05, 4.69) is 10.1 Å². The molecule has 2 unspecified atom stereocenters. The first-order chi connectivity index (χ1) is 12.9. The molecule has 0 aliphatic carbocycles. The maximum absolute atomic E-state index is 12.8. The van der Waals surface area contributed by atoms with Gasteiger partial charge >= 0.3 is 11.9 Å². The Hall–Kier alpha value is -2.90. The van der Waals surface area contributed by atoms with Crippen molar-refractivity contribution in [2.45, 2.75) is 38.8 Å². The van der Waals surface area contributed by atoms with Crippen LogP contribution in [0.1, 0.15) is 47.4 Å². The Morgan fingerprint density at radius 1 is 1.22 bits per heavy atom. The van der Waals surface area contributed by atoms with Crippen LogP contribution in [0.15, 0.2) is 24.3 Å². The second-order valence-corrected chi connectivity index (χ2v) is 6.29. The maximum atomic E-state index is 12.8. The Balaban J connectivity index is 2.15. The van der Waals surface area contributed by atoms with Crippen LogP contribution in [0.5, 0.6) is 0 Å². The summed E-state index contributed by atoms with van der Waals surface area (Å²) in [5, 5.41) is 2.67. The van der Waals surface area contributed by atoms with Crippen molar-refractivity contribution < 1.29 is 28.7 Å². The Bertz CT molecular complexity index is 715. The predicted octanol–water partition coefficient (Wildman–Crippen LogP) is 1.15. The van der Waals surface area contributed by atoms with Crippen molar-refractivity contribution in [1.82, 2.24) is 10.2 Å². The molecule has 0 radical (unpaired) electrons. The monoisotopic (exact) mass is 376 g/mol. The van der Waals surface area contributed by atoms with Gasteiger partial charge in [0.25, 0.3) is 5.91 Å². The highest BCUT2D eigenvalue weighted by Crippen LogP contribution is 2.16. The Morgan fingerprint density at radius 2 is 1.85 bits per heavy atom. The van der Waals surface area contributed by atoms with E-state index in [-0.39, 0.29) is 30.9 Å². The van der Waals surface area contributed by atoms with Crippen LogP contribution in [-0.4, -0.2) is 61.0 Å². The number of methoxy groups -OCH3 is 1. The molecular formula is C19H24N2O6. The summed E-state index contributed by atoms with van der Waals surface area (Å²) in [5.41, 5.74) is 0.636. The first-order valence-corrected chi connectivity index (χ1v) is 8.83. The third kappa shape index (κ3) is 5.06. The van der Waals surface area contributed by atoms with Crippen molar-refractivity contribution >= 4 is 23.8 Å². The van der Waals surface area contributed by atoms with Gasteiger partial charge in [-0.25, -0.2) is 4.79 Å². The van der Waals surface area contributed by atoms with E-state index < -0.39 is 18.0 Å². The lowest BCUT2D eigenvalue weighted by molar-refractivity contribution is -0.151. The van der Waals surface area contributed by atoms with Gasteiger partial charge in [0.2, 0.25) is 5.91 Å². The second kappa shape index (κ2) is 9.16. The van der Waals surface area contributed by atoms with Crippen molar-refractivity contribution in [3.8, 4) is 0 Å². The second-order valence-electron chi connectivity index (χ2n) is 6.29. The van der Waals surface area contributed by atoms with Crippen LogP contribution in [-0.2, 0) is 19.1 Å². The van der Waals surface area contributed by atoms with Crippen LogP contribution < -0.4 is 5.32 Å². The average Bonchev–Trinajstić information content (AvgIpc) is 2.68. The summed E-state index contributed by atoms with van der Waals surface area (Å²) >= 11 is 0. The van der Waals surface area contributed by atoms with E-state index in [0.717, 1.165) is 0 Å². The molecule has 1 aromatic carbocycles. The van der Waals surface area contributed by atoms with Gasteiger partial charge in [-0.1, -0.05) is 6.92 Å². The lowest BCUT2D eigenvalue weighted by Gasteiger charge is -2.34. The summed E-state index contributed by atoms with van der Waals surface area (Å²) in [5.74, 6) is -1.80. The van der Waals surface area contributed by atoms with E-state index in [1.165, 1.54) is 36.3 Å². The molecule has 27 heavy (non-hydrogen) atoms. The molecule has 0 saturated carbocycles. The molecule has 8 heteroatoms. The molecule has 146 valence electrons. The van der Waals surface area contributed by atoms with Crippen molar-refractivity contribution in [3.63, 3.8) is 0 Å².